The summed E-state index contributed by atoms with van der Waals surface area (Å²) in [7, 11) is 0. The maximum absolute atomic E-state index is 12.3. The van der Waals surface area contributed by atoms with E-state index in [0.717, 1.165) is 44.1 Å². The number of carbonyl (C=O) groups excluding carboxylic acids is 2. The molecule has 162 valence electrons. The molecule has 0 bridgehead atoms. The van der Waals surface area contributed by atoms with Crippen LogP contribution in [0.1, 0.15) is 69.4 Å². The first-order valence-corrected chi connectivity index (χ1v) is 12.1. The van der Waals surface area contributed by atoms with Gasteiger partial charge < -0.3 is 9.84 Å². The molecule has 0 amide bonds. The molecule has 0 radical (unpaired) electrons. The lowest BCUT2D eigenvalue weighted by Gasteiger charge is -2.20. The number of thioether (sulfide) groups is 1. The fourth-order valence-electron chi connectivity index (χ4n) is 3.93. The lowest BCUT2D eigenvalue weighted by Crippen LogP contribution is -2.21. The first-order chi connectivity index (χ1) is 14.0. The number of Topliss-reactive ketones (excluding diaryl/α,β-unsaturated/α-hetero) is 1. The van der Waals surface area contributed by atoms with E-state index in [2.05, 4.69) is 31.2 Å². The Morgan fingerprint density at radius 3 is 2.66 bits per heavy atom. The van der Waals surface area contributed by atoms with E-state index in [-0.39, 0.29) is 18.0 Å². The van der Waals surface area contributed by atoms with Gasteiger partial charge in [-0.15, -0.1) is 0 Å². The van der Waals surface area contributed by atoms with Gasteiger partial charge in [0.1, 0.15) is 5.78 Å². The van der Waals surface area contributed by atoms with E-state index in [1.165, 1.54) is 5.56 Å². The smallest absolute Gasteiger partial charge is 0.305 e. The molecule has 1 N–H and O–H groups in total. The Labute approximate surface area is 179 Å². The van der Waals surface area contributed by atoms with Gasteiger partial charge in [0.25, 0.3) is 0 Å². The topological polar surface area (TPSA) is 63.6 Å². The van der Waals surface area contributed by atoms with Crippen molar-refractivity contribution >= 4 is 23.5 Å². The van der Waals surface area contributed by atoms with E-state index >= 15 is 0 Å². The summed E-state index contributed by atoms with van der Waals surface area (Å²) in [5, 5.41) is 10.7. The minimum atomic E-state index is -0.373. The first-order valence-electron chi connectivity index (χ1n) is 11.0. The van der Waals surface area contributed by atoms with Gasteiger partial charge >= 0.3 is 5.97 Å². The Hall–Kier alpha value is -1.33. The Balaban J connectivity index is 1.64. The molecular formula is C24H36O4S. The van der Waals surface area contributed by atoms with Crippen molar-refractivity contribution in [3.05, 3.63) is 35.4 Å². The first kappa shape index (κ1) is 23.9. The number of unbranched alkanes of at least 4 members (excludes halogenated alkanes) is 3. The molecular weight excluding hydrogens is 384 g/mol. The molecule has 0 heterocycles. The molecule has 1 saturated carbocycles. The van der Waals surface area contributed by atoms with Crippen LogP contribution in [0.3, 0.4) is 0 Å². The van der Waals surface area contributed by atoms with E-state index in [1.54, 1.807) is 11.8 Å². The number of hydrogen-bond acceptors (Lipinski definition) is 5. The van der Waals surface area contributed by atoms with Crippen molar-refractivity contribution < 1.29 is 19.4 Å². The summed E-state index contributed by atoms with van der Waals surface area (Å²) in [6.07, 6.45) is 7.29. The van der Waals surface area contributed by atoms with Crippen LogP contribution in [0.15, 0.2) is 24.3 Å². The Bertz CT molecular complexity index is 628. The summed E-state index contributed by atoms with van der Waals surface area (Å²) in [4.78, 5) is 23.6. The lowest BCUT2D eigenvalue weighted by atomic mass is 9.98. The molecule has 2 rings (SSSR count). The fraction of sp³-hybridized carbons (Fsp3) is 0.667. The van der Waals surface area contributed by atoms with Crippen LogP contribution >= 0.6 is 11.8 Å². The van der Waals surface area contributed by atoms with Crippen molar-refractivity contribution in [1.29, 1.82) is 0 Å². The number of hydrogen-bond donors (Lipinski definition) is 1. The number of carbonyl (C=O) groups is 2. The number of aryl methyl sites for hydroxylation is 1. The SMILES string of the molecule is CCOC(=O)CCCCCCC1C(=O)CCC1SCC(O)Cc1ccc(C)cc1. The van der Waals surface area contributed by atoms with Crippen LogP contribution in [0.4, 0.5) is 0 Å². The van der Waals surface area contributed by atoms with Crippen molar-refractivity contribution in [1.82, 2.24) is 0 Å². The van der Waals surface area contributed by atoms with Crippen LogP contribution in [0.5, 0.6) is 0 Å². The average molecular weight is 421 g/mol. The Morgan fingerprint density at radius 1 is 1.21 bits per heavy atom. The second-order valence-corrected chi connectivity index (χ2v) is 9.36. The van der Waals surface area contributed by atoms with Crippen molar-refractivity contribution in [2.45, 2.75) is 83.0 Å². The zero-order chi connectivity index (χ0) is 21.1. The molecule has 0 aromatic heterocycles. The highest BCUT2D eigenvalue weighted by Gasteiger charge is 2.34. The number of ketones is 1. The fourth-order valence-corrected chi connectivity index (χ4v) is 5.33. The molecule has 0 spiro atoms. The van der Waals surface area contributed by atoms with Gasteiger partial charge in [-0.2, -0.15) is 11.8 Å². The summed E-state index contributed by atoms with van der Waals surface area (Å²) in [6.45, 7) is 4.33. The van der Waals surface area contributed by atoms with Gasteiger partial charge in [-0.3, -0.25) is 9.59 Å². The lowest BCUT2D eigenvalue weighted by molar-refractivity contribution is -0.143. The molecule has 0 saturated heterocycles. The highest BCUT2D eigenvalue weighted by molar-refractivity contribution is 8.00. The van der Waals surface area contributed by atoms with E-state index < -0.39 is 0 Å². The van der Waals surface area contributed by atoms with Crippen LogP contribution in [0.25, 0.3) is 0 Å². The number of aliphatic hydroxyl groups is 1. The molecule has 1 fully saturated rings. The van der Waals surface area contributed by atoms with Gasteiger partial charge in [0.15, 0.2) is 0 Å². The van der Waals surface area contributed by atoms with Crippen molar-refractivity contribution in [3.63, 3.8) is 0 Å². The molecule has 3 atom stereocenters. The second kappa shape index (κ2) is 13.1. The summed E-state index contributed by atoms with van der Waals surface area (Å²) in [5.74, 6) is 1.10. The number of ether oxygens (including phenoxy) is 1. The monoisotopic (exact) mass is 420 g/mol. The number of aliphatic hydroxyl groups excluding tert-OH is 1. The van der Waals surface area contributed by atoms with Gasteiger partial charge in [-0.25, -0.2) is 0 Å². The minimum Gasteiger partial charge on any atom is -0.466 e. The van der Waals surface area contributed by atoms with Crippen molar-refractivity contribution in [2.24, 2.45) is 5.92 Å². The molecule has 4 nitrogen and oxygen atoms in total. The molecule has 5 heteroatoms. The van der Waals surface area contributed by atoms with Crippen LogP contribution in [-0.4, -0.2) is 40.6 Å². The quantitative estimate of drug-likeness (QED) is 0.364. The predicted octanol–water partition coefficient (Wildman–Crippen LogP) is 4.88. The largest absolute Gasteiger partial charge is 0.466 e. The number of rotatable bonds is 13. The predicted molar refractivity (Wildman–Crippen MR) is 119 cm³/mol. The molecule has 0 aliphatic heterocycles. The minimum absolute atomic E-state index is 0.112. The van der Waals surface area contributed by atoms with Crippen LogP contribution in [0.2, 0.25) is 0 Å². The zero-order valence-electron chi connectivity index (χ0n) is 17.9. The van der Waals surface area contributed by atoms with Gasteiger partial charge in [0, 0.05) is 29.8 Å². The average Bonchev–Trinajstić information content (AvgIpc) is 3.04. The highest BCUT2D eigenvalue weighted by Crippen LogP contribution is 2.36. The standard InChI is InChI=1S/C24H36O4S/c1-3-28-24(27)9-7-5-4-6-8-21-22(26)14-15-23(21)29-17-20(25)16-19-12-10-18(2)11-13-19/h10-13,20-21,23,25H,3-9,14-17H2,1-2H3. The van der Waals surface area contributed by atoms with Crippen molar-refractivity contribution in [3.8, 4) is 0 Å². The Kier molecular flexibility index (Phi) is 10.8. The summed E-state index contributed by atoms with van der Waals surface area (Å²) >= 11 is 1.77. The summed E-state index contributed by atoms with van der Waals surface area (Å²) in [5.41, 5.74) is 2.39. The van der Waals surface area contributed by atoms with Crippen LogP contribution < -0.4 is 0 Å². The number of benzene rings is 1. The Morgan fingerprint density at radius 2 is 1.93 bits per heavy atom. The maximum atomic E-state index is 12.3. The van der Waals surface area contributed by atoms with E-state index in [9.17, 15) is 14.7 Å². The van der Waals surface area contributed by atoms with Gasteiger partial charge in [-0.05, 0) is 45.1 Å². The molecule has 1 aliphatic carbocycles. The molecule has 29 heavy (non-hydrogen) atoms. The maximum Gasteiger partial charge on any atom is 0.305 e. The van der Waals surface area contributed by atoms with Gasteiger partial charge in [0.05, 0.1) is 12.7 Å². The zero-order valence-corrected chi connectivity index (χ0v) is 18.7. The van der Waals surface area contributed by atoms with E-state index in [0.29, 0.717) is 42.7 Å². The highest BCUT2D eigenvalue weighted by atomic mass is 32.2. The van der Waals surface area contributed by atoms with Crippen LogP contribution in [0, 0.1) is 12.8 Å². The molecule has 1 aliphatic rings. The summed E-state index contributed by atoms with van der Waals surface area (Å²) in [6, 6.07) is 8.31. The van der Waals surface area contributed by atoms with Gasteiger partial charge in [0.2, 0.25) is 0 Å². The molecule has 3 unspecified atom stereocenters. The third-order valence-corrected chi connectivity index (χ3v) is 7.15. The third-order valence-electron chi connectivity index (χ3n) is 5.58. The second-order valence-electron chi connectivity index (χ2n) is 8.08. The molecule has 1 aromatic rings. The number of esters is 1. The normalized spacial score (nSPS) is 20.0. The van der Waals surface area contributed by atoms with Crippen LogP contribution in [-0.2, 0) is 20.7 Å². The summed E-state index contributed by atoms with van der Waals surface area (Å²) < 4.78 is 4.94. The molecule has 1 aromatic carbocycles. The van der Waals surface area contributed by atoms with E-state index in [1.807, 2.05) is 6.92 Å². The van der Waals surface area contributed by atoms with Crippen molar-refractivity contribution in [2.75, 3.05) is 12.4 Å². The third kappa shape index (κ3) is 8.91. The van der Waals surface area contributed by atoms with Gasteiger partial charge in [-0.1, -0.05) is 49.1 Å². The van der Waals surface area contributed by atoms with E-state index in [4.69, 9.17) is 4.74 Å².